The van der Waals surface area contributed by atoms with Gasteiger partial charge in [0.1, 0.15) is 38.0 Å². The second kappa shape index (κ2) is 12.7. The van der Waals surface area contributed by atoms with Gasteiger partial charge in [0.25, 0.3) is 0 Å². The van der Waals surface area contributed by atoms with E-state index in [1.165, 1.54) is 38.0 Å². The first kappa shape index (κ1) is 28.4. The van der Waals surface area contributed by atoms with Crippen molar-refractivity contribution in [1.29, 1.82) is 0 Å². The molecule has 0 radical (unpaired) electrons. The molecule has 0 aliphatic rings. The quantitative estimate of drug-likeness (QED) is 0.202. The lowest BCUT2D eigenvalue weighted by Crippen LogP contribution is -1.98. The fourth-order valence-electron chi connectivity index (χ4n) is 5.76. The molecule has 0 bridgehead atoms. The molecule has 0 spiro atoms. The third-order valence-electron chi connectivity index (χ3n) is 7.79. The Morgan fingerprint density at radius 1 is 0.208 bits per heavy atom. The van der Waals surface area contributed by atoms with E-state index >= 15 is 0 Å². The molecule has 6 heterocycles. The average Bonchev–Trinajstić information content (AvgIpc) is 3.19. The van der Waals surface area contributed by atoms with Crippen molar-refractivity contribution in [2.75, 3.05) is 0 Å². The van der Waals surface area contributed by atoms with Crippen LogP contribution in [0.15, 0.2) is 137 Å². The number of nitrogens with zero attached hydrogens (tertiary/aromatic N) is 12. The molecular weight excluding hydrogens is 600 g/mol. The van der Waals surface area contributed by atoms with Crippen molar-refractivity contribution < 1.29 is 0 Å². The molecule has 0 unspecified atom stereocenters. The molecule has 6 aromatic heterocycles. The molecule has 0 aliphatic carbocycles. The molecule has 226 valence electrons. The van der Waals surface area contributed by atoms with Crippen molar-refractivity contribution in [3.8, 4) is 77.9 Å². The molecule has 12 heteroatoms. The van der Waals surface area contributed by atoms with Gasteiger partial charge in [-0.2, -0.15) is 0 Å². The van der Waals surface area contributed by atoms with Crippen LogP contribution < -0.4 is 0 Å². The fourth-order valence-corrected chi connectivity index (χ4v) is 5.76. The van der Waals surface area contributed by atoms with Gasteiger partial charge in [0.15, 0.2) is 0 Å². The van der Waals surface area contributed by atoms with Gasteiger partial charge in [0.2, 0.25) is 0 Å². The Morgan fingerprint density at radius 3 is 0.604 bits per heavy atom. The van der Waals surface area contributed by atoms with Crippen LogP contribution in [0, 0.1) is 0 Å². The van der Waals surface area contributed by atoms with E-state index in [-0.39, 0.29) is 0 Å². The molecule has 0 aliphatic heterocycles. The summed E-state index contributed by atoms with van der Waals surface area (Å²) < 4.78 is 0. The lowest BCUT2D eigenvalue weighted by atomic mass is 9.83. The molecule has 0 amide bonds. The summed E-state index contributed by atoms with van der Waals surface area (Å²) in [7, 11) is 0. The van der Waals surface area contributed by atoms with Crippen LogP contribution in [0.25, 0.3) is 77.9 Å². The minimum absolute atomic E-state index is 0.822. The first-order valence-corrected chi connectivity index (χ1v) is 14.7. The van der Waals surface area contributed by atoms with E-state index in [1.807, 2.05) is 0 Å². The first-order valence-electron chi connectivity index (χ1n) is 14.7. The van der Waals surface area contributed by atoms with E-state index in [1.54, 1.807) is 74.4 Å². The summed E-state index contributed by atoms with van der Waals surface area (Å²) in [5, 5.41) is 0. The van der Waals surface area contributed by atoms with Crippen molar-refractivity contribution in [2.45, 2.75) is 0 Å². The van der Waals surface area contributed by atoms with Crippen molar-refractivity contribution >= 4 is 0 Å². The first-order chi connectivity index (χ1) is 23.8. The topological polar surface area (TPSA) is 155 Å². The summed E-state index contributed by atoms with van der Waals surface area (Å²) in [5.41, 5.74) is 12.1. The molecule has 0 saturated carbocycles. The highest BCUT2D eigenvalue weighted by Gasteiger charge is 2.22. The smallest absolute Gasteiger partial charge is 0.115 e. The Kier molecular flexibility index (Phi) is 7.53. The van der Waals surface area contributed by atoms with Gasteiger partial charge in [-0.25, -0.2) is 59.8 Å². The predicted octanol–water partition coefficient (Wildman–Crippen LogP) is 6.10. The zero-order valence-corrected chi connectivity index (χ0v) is 25.1. The Balaban J connectivity index is 1.48. The van der Waals surface area contributed by atoms with Gasteiger partial charge >= 0.3 is 0 Å². The summed E-state index contributed by atoms with van der Waals surface area (Å²) in [6.07, 6.45) is 30.6. The summed E-state index contributed by atoms with van der Waals surface area (Å²) in [5.74, 6) is 0. The van der Waals surface area contributed by atoms with Gasteiger partial charge in [0.05, 0.1) is 0 Å². The average molecular weight is 623 g/mol. The third-order valence-corrected chi connectivity index (χ3v) is 7.79. The van der Waals surface area contributed by atoms with Gasteiger partial charge in [-0.05, 0) is 57.6 Å². The largest absolute Gasteiger partial charge is 0.244 e. The van der Waals surface area contributed by atoms with Gasteiger partial charge in [0, 0.05) is 119 Å². The maximum Gasteiger partial charge on any atom is 0.115 e. The van der Waals surface area contributed by atoms with E-state index in [4.69, 9.17) is 0 Å². The van der Waals surface area contributed by atoms with Gasteiger partial charge in [-0.1, -0.05) is 0 Å². The number of rotatable bonds is 7. The molecule has 48 heavy (non-hydrogen) atoms. The highest BCUT2D eigenvalue weighted by atomic mass is 14.8. The predicted molar refractivity (Wildman–Crippen MR) is 178 cm³/mol. The van der Waals surface area contributed by atoms with E-state index in [0.717, 1.165) is 77.9 Å². The highest BCUT2D eigenvalue weighted by Crippen LogP contribution is 2.46. The van der Waals surface area contributed by atoms with Crippen molar-refractivity contribution in [2.24, 2.45) is 0 Å². The molecule has 8 aromatic rings. The van der Waals surface area contributed by atoms with E-state index in [9.17, 15) is 0 Å². The molecule has 0 saturated heterocycles. The van der Waals surface area contributed by atoms with Crippen LogP contribution in [-0.2, 0) is 0 Å². The van der Waals surface area contributed by atoms with Crippen LogP contribution in [-0.4, -0.2) is 59.8 Å². The Hall–Kier alpha value is -7.08. The maximum absolute atomic E-state index is 4.35. The molecule has 2 aromatic carbocycles. The summed E-state index contributed by atoms with van der Waals surface area (Å²) in [4.78, 5) is 52.1. The van der Waals surface area contributed by atoms with E-state index in [2.05, 4.69) is 84.1 Å². The summed E-state index contributed by atoms with van der Waals surface area (Å²) in [6.45, 7) is 0. The van der Waals surface area contributed by atoms with Crippen LogP contribution in [0.2, 0.25) is 0 Å². The lowest BCUT2D eigenvalue weighted by molar-refractivity contribution is 1.16. The molecule has 0 fully saturated rings. The minimum atomic E-state index is 0.822. The van der Waals surface area contributed by atoms with Crippen LogP contribution in [0.1, 0.15) is 0 Å². The second-order valence-corrected chi connectivity index (χ2v) is 10.7. The zero-order chi connectivity index (χ0) is 32.1. The normalized spacial score (nSPS) is 10.9. The van der Waals surface area contributed by atoms with Crippen molar-refractivity contribution in [1.82, 2.24) is 59.8 Å². The Morgan fingerprint density at radius 2 is 0.396 bits per heavy atom. The SMILES string of the molecule is c1ncc(-c2cc(-c3cc(-c4cncnc4)c(-c4cncnc4)c(-c4cncnc4)c3)cc(-c3cncnc3)c2-c2cncnc2)cn1. The van der Waals surface area contributed by atoms with Crippen LogP contribution in [0.5, 0.6) is 0 Å². The second-order valence-electron chi connectivity index (χ2n) is 10.7. The van der Waals surface area contributed by atoms with E-state index < -0.39 is 0 Å². The standard InChI is InChI=1S/C36H22N12/c1-23(2-32(26-7-39-18-40-8-26)35(29-13-45-21-46-14-29)31(1)25-5-37-17-38-6-25)24-3-33(27-9-41-19-42-10-27)36(30-15-47-22-48-16-30)34(4-24)28-11-43-20-44-12-28/h1-22H. The highest BCUT2D eigenvalue weighted by molar-refractivity contribution is 6.00. The third kappa shape index (κ3) is 5.49. The van der Waals surface area contributed by atoms with Gasteiger partial charge < -0.3 is 0 Å². The lowest BCUT2D eigenvalue weighted by Gasteiger charge is -2.20. The van der Waals surface area contributed by atoms with E-state index in [0.29, 0.717) is 0 Å². The van der Waals surface area contributed by atoms with Crippen molar-refractivity contribution in [3.63, 3.8) is 0 Å². The molecular formula is C36H22N12. The summed E-state index contributed by atoms with van der Waals surface area (Å²) in [6, 6.07) is 8.52. The molecule has 12 nitrogen and oxygen atoms in total. The van der Waals surface area contributed by atoms with Gasteiger partial charge in [-0.15, -0.1) is 0 Å². The van der Waals surface area contributed by atoms with Crippen LogP contribution in [0.3, 0.4) is 0 Å². The van der Waals surface area contributed by atoms with Crippen LogP contribution >= 0.6 is 0 Å². The number of hydrogen-bond donors (Lipinski definition) is 0. The summed E-state index contributed by atoms with van der Waals surface area (Å²) >= 11 is 0. The van der Waals surface area contributed by atoms with Crippen molar-refractivity contribution in [3.05, 3.63) is 137 Å². The number of benzene rings is 2. The van der Waals surface area contributed by atoms with Crippen LogP contribution in [0.4, 0.5) is 0 Å². The Labute approximate surface area is 273 Å². The van der Waals surface area contributed by atoms with Gasteiger partial charge in [-0.3, -0.25) is 0 Å². The molecule has 0 atom stereocenters. The molecule has 8 rings (SSSR count). The number of aromatic nitrogens is 12. The monoisotopic (exact) mass is 622 g/mol. The maximum atomic E-state index is 4.35. The minimum Gasteiger partial charge on any atom is -0.244 e. The molecule has 0 N–H and O–H groups in total. The fraction of sp³-hybridized carbons (Fsp3) is 0. The Bertz CT molecular complexity index is 2020. The zero-order valence-electron chi connectivity index (χ0n) is 25.1. The number of hydrogen-bond acceptors (Lipinski definition) is 12.